The third-order valence-electron chi connectivity index (χ3n) is 3.40. The van der Waals surface area contributed by atoms with Gasteiger partial charge in [-0.2, -0.15) is 0 Å². The summed E-state index contributed by atoms with van der Waals surface area (Å²) < 4.78 is 12.7. The van der Waals surface area contributed by atoms with Gasteiger partial charge in [0, 0.05) is 31.1 Å². The van der Waals surface area contributed by atoms with Crippen LogP contribution in [0, 0.1) is 12.8 Å². The van der Waals surface area contributed by atoms with Crippen LogP contribution in [0.4, 0.5) is 0 Å². The van der Waals surface area contributed by atoms with Gasteiger partial charge in [0.15, 0.2) is 0 Å². The number of aryl methyl sites for hydroxylation is 1. The Morgan fingerprint density at radius 2 is 2.47 bits per heavy atom. The van der Waals surface area contributed by atoms with Gasteiger partial charge in [0.1, 0.15) is 0 Å². The van der Waals surface area contributed by atoms with Crippen LogP contribution in [-0.2, 0) is 24.4 Å². The third-order valence-corrected chi connectivity index (χ3v) is 3.40. The molecule has 1 aliphatic heterocycles. The van der Waals surface area contributed by atoms with E-state index in [4.69, 9.17) is 9.15 Å². The molecule has 1 aliphatic rings. The SMILES string of the molecule is Cc1nnn2c1COC[C@@H](CNCc1ccoc1)C2. The molecule has 0 unspecified atom stereocenters. The molecule has 6 heteroatoms. The van der Waals surface area contributed by atoms with Crippen molar-refractivity contribution >= 4 is 0 Å². The minimum atomic E-state index is 0.411. The molecule has 0 radical (unpaired) electrons. The number of ether oxygens (including phenoxy) is 1. The van der Waals surface area contributed by atoms with Crippen LogP contribution in [0.25, 0.3) is 0 Å². The molecule has 0 spiro atoms. The van der Waals surface area contributed by atoms with Gasteiger partial charge in [-0.15, -0.1) is 5.10 Å². The highest BCUT2D eigenvalue weighted by Gasteiger charge is 2.19. The molecule has 102 valence electrons. The van der Waals surface area contributed by atoms with Crippen molar-refractivity contribution < 1.29 is 9.15 Å². The molecule has 0 fully saturated rings. The molecule has 1 atom stereocenters. The molecule has 19 heavy (non-hydrogen) atoms. The highest BCUT2D eigenvalue weighted by molar-refractivity contribution is 5.07. The Labute approximate surface area is 111 Å². The lowest BCUT2D eigenvalue weighted by Crippen LogP contribution is -2.28. The molecule has 2 aromatic heterocycles. The third kappa shape index (κ3) is 2.85. The number of rotatable bonds is 4. The molecule has 6 nitrogen and oxygen atoms in total. The molecule has 0 amide bonds. The van der Waals surface area contributed by atoms with Crippen LogP contribution in [0.15, 0.2) is 23.0 Å². The average molecular weight is 262 g/mol. The minimum Gasteiger partial charge on any atom is -0.472 e. The van der Waals surface area contributed by atoms with Crippen LogP contribution in [0.5, 0.6) is 0 Å². The molecule has 2 aromatic rings. The monoisotopic (exact) mass is 262 g/mol. The van der Waals surface area contributed by atoms with Crippen molar-refractivity contribution in [3.63, 3.8) is 0 Å². The van der Waals surface area contributed by atoms with E-state index >= 15 is 0 Å². The van der Waals surface area contributed by atoms with E-state index in [0.717, 1.165) is 43.2 Å². The van der Waals surface area contributed by atoms with E-state index in [1.807, 2.05) is 17.7 Å². The second kappa shape index (κ2) is 5.54. The Morgan fingerprint density at radius 1 is 1.53 bits per heavy atom. The summed E-state index contributed by atoms with van der Waals surface area (Å²) in [4.78, 5) is 0. The van der Waals surface area contributed by atoms with Crippen LogP contribution in [0.1, 0.15) is 17.0 Å². The van der Waals surface area contributed by atoms with Crippen molar-refractivity contribution in [1.29, 1.82) is 0 Å². The Balaban J connectivity index is 1.54. The number of hydrogen-bond acceptors (Lipinski definition) is 5. The van der Waals surface area contributed by atoms with Crippen molar-refractivity contribution in [1.82, 2.24) is 20.3 Å². The van der Waals surface area contributed by atoms with Crippen LogP contribution < -0.4 is 5.32 Å². The zero-order valence-corrected chi connectivity index (χ0v) is 11.0. The fourth-order valence-corrected chi connectivity index (χ4v) is 2.30. The first-order valence-corrected chi connectivity index (χ1v) is 6.51. The highest BCUT2D eigenvalue weighted by atomic mass is 16.5. The summed E-state index contributed by atoms with van der Waals surface area (Å²) in [5, 5.41) is 11.7. The molecule has 0 bridgehead atoms. The van der Waals surface area contributed by atoms with Gasteiger partial charge < -0.3 is 14.5 Å². The zero-order chi connectivity index (χ0) is 13.1. The molecule has 3 rings (SSSR count). The van der Waals surface area contributed by atoms with E-state index in [1.165, 1.54) is 0 Å². The summed E-state index contributed by atoms with van der Waals surface area (Å²) in [6, 6.07) is 1.97. The van der Waals surface area contributed by atoms with Gasteiger partial charge >= 0.3 is 0 Å². The van der Waals surface area contributed by atoms with Gasteiger partial charge in [-0.05, 0) is 13.0 Å². The molecular weight excluding hydrogens is 244 g/mol. The lowest BCUT2D eigenvalue weighted by molar-refractivity contribution is 0.0936. The van der Waals surface area contributed by atoms with E-state index in [2.05, 4.69) is 15.6 Å². The molecule has 0 saturated heterocycles. The van der Waals surface area contributed by atoms with Gasteiger partial charge in [-0.3, -0.25) is 0 Å². The maximum atomic E-state index is 5.70. The summed E-state index contributed by atoms with van der Waals surface area (Å²) in [6.45, 7) is 5.90. The summed E-state index contributed by atoms with van der Waals surface area (Å²) in [7, 11) is 0. The Hall–Kier alpha value is -1.66. The molecule has 3 heterocycles. The first-order valence-electron chi connectivity index (χ1n) is 6.51. The molecule has 0 aromatic carbocycles. The van der Waals surface area contributed by atoms with E-state index in [1.54, 1.807) is 12.5 Å². The number of aromatic nitrogens is 3. The summed E-state index contributed by atoms with van der Waals surface area (Å²) in [5.74, 6) is 0.411. The van der Waals surface area contributed by atoms with E-state index in [0.29, 0.717) is 12.5 Å². The van der Waals surface area contributed by atoms with Gasteiger partial charge in [-0.25, -0.2) is 4.68 Å². The lowest BCUT2D eigenvalue weighted by Gasteiger charge is -2.14. The number of fused-ring (bicyclic) bond motifs is 1. The summed E-state index contributed by atoms with van der Waals surface area (Å²) >= 11 is 0. The van der Waals surface area contributed by atoms with Crippen LogP contribution in [-0.4, -0.2) is 28.1 Å². The highest BCUT2D eigenvalue weighted by Crippen LogP contribution is 2.14. The summed E-state index contributed by atoms with van der Waals surface area (Å²) in [6.07, 6.45) is 3.45. The number of nitrogens with one attached hydrogen (secondary N) is 1. The first-order chi connectivity index (χ1) is 9.33. The predicted octanol–water partition coefficient (Wildman–Crippen LogP) is 1.12. The standard InChI is InChI=1S/C13H18N4O2/c1-10-13-9-19-8-12(6-17(13)16-15-10)5-14-4-11-2-3-18-7-11/h2-3,7,12,14H,4-6,8-9H2,1H3/t12-/m0/s1. The lowest BCUT2D eigenvalue weighted by atomic mass is 10.1. The van der Waals surface area contributed by atoms with E-state index in [9.17, 15) is 0 Å². The maximum Gasteiger partial charge on any atom is 0.0947 e. The average Bonchev–Trinajstić information content (AvgIpc) is 2.97. The van der Waals surface area contributed by atoms with E-state index in [-0.39, 0.29) is 0 Å². The topological polar surface area (TPSA) is 65.1 Å². The van der Waals surface area contributed by atoms with Crippen molar-refractivity contribution in [2.75, 3.05) is 13.2 Å². The smallest absolute Gasteiger partial charge is 0.0947 e. The first kappa shape index (κ1) is 12.4. The largest absolute Gasteiger partial charge is 0.472 e. The number of nitrogens with zero attached hydrogens (tertiary/aromatic N) is 3. The molecule has 1 N–H and O–H groups in total. The Morgan fingerprint density at radius 3 is 3.32 bits per heavy atom. The molecule has 0 aliphatic carbocycles. The summed E-state index contributed by atoms with van der Waals surface area (Å²) in [5.41, 5.74) is 3.22. The van der Waals surface area contributed by atoms with Crippen LogP contribution in [0.2, 0.25) is 0 Å². The van der Waals surface area contributed by atoms with Crippen LogP contribution >= 0.6 is 0 Å². The van der Waals surface area contributed by atoms with Gasteiger partial charge in [0.2, 0.25) is 0 Å². The predicted molar refractivity (Wildman–Crippen MR) is 68.3 cm³/mol. The van der Waals surface area contributed by atoms with Crippen molar-refractivity contribution in [2.45, 2.75) is 26.6 Å². The number of hydrogen-bond donors (Lipinski definition) is 1. The Kier molecular flexibility index (Phi) is 3.61. The fraction of sp³-hybridized carbons (Fsp3) is 0.538. The van der Waals surface area contributed by atoms with Gasteiger partial charge in [0.05, 0.1) is 37.1 Å². The second-order valence-corrected chi connectivity index (χ2v) is 4.95. The Bertz CT molecular complexity index is 521. The van der Waals surface area contributed by atoms with Crippen LogP contribution in [0.3, 0.4) is 0 Å². The normalized spacial score (nSPS) is 19.1. The zero-order valence-electron chi connectivity index (χ0n) is 11.0. The van der Waals surface area contributed by atoms with Crippen molar-refractivity contribution in [3.05, 3.63) is 35.5 Å². The second-order valence-electron chi connectivity index (χ2n) is 4.95. The van der Waals surface area contributed by atoms with Crippen molar-refractivity contribution in [2.24, 2.45) is 5.92 Å². The van der Waals surface area contributed by atoms with E-state index < -0.39 is 0 Å². The molecular formula is C13H18N4O2. The van der Waals surface area contributed by atoms with Gasteiger partial charge in [-0.1, -0.05) is 5.21 Å². The quantitative estimate of drug-likeness (QED) is 0.894. The molecule has 0 saturated carbocycles. The maximum absolute atomic E-state index is 5.70. The minimum absolute atomic E-state index is 0.411. The van der Waals surface area contributed by atoms with Crippen molar-refractivity contribution in [3.8, 4) is 0 Å². The fourth-order valence-electron chi connectivity index (χ4n) is 2.30. The van der Waals surface area contributed by atoms with Gasteiger partial charge in [0.25, 0.3) is 0 Å². The number of furan rings is 1.